The van der Waals surface area contributed by atoms with Gasteiger partial charge in [0.25, 0.3) is 0 Å². The molecule has 0 saturated carbocycles. The van der Waals surface area contributed by atoms with Gasteiger partial charge < -0.3 is 5.32 Å². The van der Waals surface area contributed by atoms with E-state index in [0.717, 1.165) is 23.1 Å². The highest BCUT2D eigenvalue weighted by molar-refractivity contribution is 8.01. The van der Waals surface area contributed by atoms with Crippen molar-refractivity contribution in [3.63, 3.8) is 0 Å². The SMILES string of the molecule is CCc1nsc(Sc2ccccc2CNC)n1. The van der Waals surface area contributed by atoms with Gasteiger partial charge in [0, 0.05) is 17.9 Å². The van der Waals surface area contributed by atoms with Crippen LogP contribution in [0.1, 0.15) is 18.3 Å². The van der Waals surface area contributed by atoms with Gasteiger partial charge in [-0.05, 0) is 30.2 Å². The fourth-order valence-electron chi connectivity index (χ4n) is 1.46. The molecule has 2 rings (SSSR count). The van der Waals surface area contributed by atoms with Crippen LogP contribution in [0, 0.1) is 0 Å². The number of nitrogens with zero attached hydrogens (tertiary/aromatic N) is 2. The van der Waals surface area contributed by atoms with Gasteiger partial charge in [0.1, 0.15) is 5.82 Å². The van der Waals surface area contributed by atoms with E-state index in [1.165, 1.54) is 22.0 Å². The minimum Gasteiger partial charge on any atom is -0.316 e. The minimum absolute atomic E-state index is 0.878. The van der Waals surface area contributed by atoms with Gasteiger partial charge in [-0.1, -0.05) is 36.9 Å². The quantitative estimate of drug-likeness (QED) is 0.902. The molecule has 2 aromatic rings. The van der Waals surface area contributed by atoms with E-state index in [1.807, 2.05) is 7.05 Å². The zero-order chi connectivity index (χ0) is 12.1. The molecule has 0 saturated heterocycles. The van der Waals surface area contributed by atoms with E-state index in [2.05, 4.69) is 45.9 Å². The maximum atomic E-state index is 4.48. The molecule has 1 heterocycles. The summed E-state index contributed by atoms with van der Waals surface area (Å²) < 4.78 is 5.32. The number of aryl methyl sites for hydroxylation is 1. The fourth-order valence-corrected chi connectivity index (χ4v) is 3.24. The van der Waals surface area contributed by atoms with Crippen LogP contribution in [0.2, 0.25) is 0 Å². The van der Waals surface area contributed by atoms with Gasteiger partial charge in [-0.2, -0.15) is 4.37 Å². The Morgan fingerprint density at radius 2 is 2.18 bits per heavy atom. The van der Waals surface area contributed by atoms with Gasteiger partial charge in [0.15, 0.2) is 4.34 Å². The van der Waals surface area contributed by atoms with E-state index in [0.29, 0.717) is 0 Å². The minimum atomic E-state index is 0.878. The smallest absolute Gasteiger partial charge is 0.174 e. The highest BCUT2D eigenvalue weighted by Crippen LogP contribution is 2.31. The molecule has 0 spiro atoms. The molecule has 0 bridgehead atoms. The third-order valence-electron chi connectivity index (χ3n) is 2.30. The van der Waals surface area contributed by atoms with Crippen LogP contribution in [0.3, 0.4) is 0 Å². The summed E-state index contributed by atoms with van der Waals surface area (Å²) in [5, 5.41) is 3.18. The number of rotatable bonds is 5. The van der Waals surface area contributed by atoms with Crippen molar-refractivity contribution in [2.24, 2.45) is 0 Å². The number of benzene rings is 1. The third-order valence-corrected chi connectivity index (χ3v) is 4.21. The second kappa shape index (κ2) is 6.14. The van der Waals surface area contributed by atoms with E-state index >= 15 is 0 Å². The predicted molar refractivity (Wildman–Crippen MR) is 72.6 cm³/mol. The Balaban J connectivity index is 2.17. The van der Waals surface area contributed by atoms with Crippen molar-refractivity contribution in [3.05, 3.63) is 35.7 Å². The second-order valence-electron chi connectivity index (χ2n) is 3.57. The Morgan fingerprint density at radius 1 is 1.35 bits per heavy atom. The molecule has 0 radical (unpaired) electrons. The zero-order valence-corrected chi connectivity index (χ0v) is 11.6. The molecular weight excluding hydrogens is 250 g/mol. The molecule has 0 unspecified atom stereocenters. The first kappa shape index (κ1) is 12.5. The van der Waals surface area contributed by atoms with Crippen molar-refractivity contribution in [2.45, 2.75) is 29.1 Å². The largest absolute Gasteiger partial charge is 0.316 e. The van der Waals surface area contributed by atoms with E-state index in [-0.39, 0.29) is 0 Å². The number of aromatic nitrogens is 2. The number of hydrogen-bond acceptors (Lipinski definition) is 5. The molecule has 3 nitrogen and oxygen atoms in total. The molecule has 0 fully saturated rings. The van der Waals surface area contributed by atoms with Crippen LogP contribution >= 0.6 is 23.3 Å². The van der Waals surface area contributed by atoms with Gasteiger partial charge in [-0.3, -0.25) is 0 Å². The van der Waals surface area contributed by atoms with E-state index in [1.54, 1.807) is 11.8 Å². The molecule has 1 aromatic heterocycles. The summed E-state index contributed by atoms with van der Waals surface area (Å²) in [6.45, 7) is 2.95. The average molecular weight is 265 g/mol. The first-order valence-corrected chi connectivity index (χ1v) is 7.15. The van der Waals surface area contributed by atoms with Crippen LogP contribution in [-0.2, 0) is 13.0 Å². The van der Waals surface area contributed by atoms with Crippen LogP contribution in [0.4, 0.5) is 0 Å². The number of nitrogens with one attached hydrogen (secondary N) is 1. The lowest BCUT2D eigenvalue weighted by molar-refractivity contribution is 0.803. The predicted octanol–water partition coefficient (Wildman–Crippen LogP) is 2.97. The van der Waals surface area contributed by atoms with Crippen molar-refractivity contribution in [2.75, 3.05) is 7.05 Å². The lowest BCUT2D eigenvalue weighted by Crippen LogP contribution is -2.05. The van der Waals surface area contributed by atoms with Crippen LogP contribution in [0.15, 0.2) is 33.5 Å². The first-order chi connectivity index (χ1) is 8.33. The van der Waals surface area contributed by atoms with Crippen LogP contribution in [0.5, 0.6) is 0 Å². The average Bonchev–Trinajstić information content (AvgIpc) is 2.80. The molecule has 5 heteroatoms. The van der Waals surface area contributed by atoms with Gasteiger partial charge in [0.05, 0.1) is 0 Å². The van der Waals surface area contributed by atoms with E-state index < -0.39 is 0 Å². The maximum absolute atomic E-state index is 4.48. The molecule has 0 aliphatic rings. The Hall–Kier alpha value is -0.910. The normalized spacial score (nSPS) is 10.7. The summed E-state index contributed by atoms with van der Waals surface area (Å²) in [7, 11) is 1.96. The standard InChI is InChI=1S/C12H15N3S2/c1-3-11-14-12(17-15-11)16-10-7-5-4-6-9(10)8-13-2/h4-7,13H,3,8H2,1-2H3. The highest BCUT2D eigenvalue weighted by atomic mass is 32.2. The van der Waals surface area contributed by atoms with Crippen LogP contribution in [-0.4, -0.2) is 16.4 Å². The van der Waals surface area contributed by atoms with Gasteiger partial charge in [-0.15, -0.1) is 0 Å². The molecule has 90 valence electrons. The molecular formula is C12H15N3S2. The van der Waals surface area contributed by atoms with Crippen LogP contribution in [0.25, 0.3) is 0 Å². The molecule has 0 aliphatic carbocycles. The van der Waals surface area contributed by atoms with Crippen LogP contribution < -0.4 is 5.32 Å². The summed E-state index contributed by atoms with van der Waals surface area (Å²) in [5.41, 5.74) is 1.30. The fraction of sp³-hybridized carbons (Fsp3) is 0.333. The molecule has 0 amide bonds. The summed E-state index contributed by atoms with van der Waals surface area (Å²) in [5.74, 6) is 0.934. The summed E-state index contributed by atoms with van der Waals surface area (Å²) in [6.07, 6.45) is 0.898. The van der Waals surface area contributed by atoms with Gasteiger partial charge >= 0.3 is 0 Å². The second-order valence-corrected chi connectivity index (χ2v) is 5.61. The summed E-state index contributed by atoms with van der Waals surface area (Å²) in [6, 6.07) is 8.39. The van der Waals surface area contributed by atoms with E-state index in [4.69, 9.17) is 0 Å². The highest BCUT2D eigenvalue weighted by Gasteiger charge is 2.07. The lowest BCUT2D eigenvalue weighted by Gasteiger charge is -2.06. The Morgan fingerprint density at radius 3 is 2.88 bits per heavy atom. The van der Waals surface area contributed by atoms with E-state index in [9.17, 15) is 0 Å². The van der Waals surface area contributed by atoms with Crippen molar-refractivity contribution >= 4 is 23.3 Å². The monoisotopic (exact) mass is 265 g/mol. The first-order valence-electron chi connectivity index (χ1n) is 5.56. The molecule has 1 N–H and O–H groups in total. The molecule has 17 heavy (non-hydrogen) atoms. The summed E-state index contributed by atoms with van der Waals surface area (Å²) in [4.78, 5) is 5.73. The third kappa shape index (κ3) is 3.28. The van der Waals surface area contributed by atoms with Gasteiger partial charge in [0.2, 0.25) is 0 Å². The van der Waals surface area contributed by atoms with Crippen molar-refractivity contribution in [3.8, 4) is 0 Å². The molecule has 0 atom stereocenters. The Labute approximate surface area is 110 Å². The topological polar surface area (TPSA) is 37.8 Å². The van der Waals surface area contributed by atoms with Crippen molar-refractivity contribution in [1.82, 2.24) is 14.7 Å². The maximum Gasteiger partial charge on any atom is 0.174 e. The molecule has 0 aliphatic heterocycles. The molecule has 1 aromatic carbocycles. The lowest BCUT2D eigenvalue weighted by atomic mass is 10.2. The van der Waals surface area contributed by atoms with Crippen molar-refractivity contribution < 1.29 is 0 Å². The number of hydrogen-bond donors (Lipinski definition) is 1. The Kier molecular flexibility index (Phi) is 4.53. The van der Waals surface area contributed by atoms with Crippen molar-refractivity contribution in [1.29, 1.82) is 0 Å². The van der Waals surface area contributed by atoms with Gasteiger partial charge in [-0.25, -0.2) is 4.98 Å². The Bertz CT molecular complexity index is 482. The summed E-state index contributed by atoms with van der Waals surface area (Å²) >= 11 is 3.17. The zero-order valence-electron chi connectivity index (χ0n) is 9.93.